The van der Waals surface area contributed by atoms with Gasteiger partial charge < -0.3 is 0 Å². The van der Waals surface area contributed by atoms with Crippen molar-refractivity contribution in [2.45, 2.75) is 24.4 Å². The average Bonchev–Trinajstić information content (AvgIpc) is 2.93. The minimum atomic E-state index is -4.24. The smallest absolute Gasteiger partial charge is 0.286 e. The van der Waals surface area contributed by atoms with Gasteiger partial charge in [0, 0.05) is 6.20 Å². The molecule has 6 heteroatoms. The maximum Gasteiger partial charge on any atom is 0.401 e. The van der Waals surface area contributed by atoms with Crippen molar-refractivity contribution >= 4 is 5.65 Å². The van der Waals surface area contributed by atoms with Crippen LogP contribution in [0.5, 0.6) is 0 Å². The summed E-state index contributed by atoms with van der Waals surface area (Å²) in [5, 5.41) is 7.44. The van der Waals surface area contributed by atoms with Gasteiger partial charge in [0.15, 0.2) is 11.5 Å². The Morgan fingerprint density at radius 1 is 1.19 bits per heavy atom. The third-order valence-corrected chi connectivity index (χ3v) is 3.03. The van der Waals surface area contributed by atoms with Crippen LogP contribution in [0.2, 0.25) is 0 Å². The van der Waals surface area contributed by atoms with Crippen molar-refractivity contribution in [2.24, 2.45) is 0 Å². The van der Waals surface area contributed by atoms with Crippen molar-refractivity contribution < 1.29 is 13.2 Å². The summed E-state index contributed by atoms with van der Waals surface area (Å²) in [6.45, 7) is 0. The molecule has 0 atom stereocenters. The average molecular weight is 227 g/mol. The highest BCUT2D eigenvalue weighted by Crippen LogP contribution is 2.58. The van der Waals surface area contributed by atoms with Crippen LogP contribution in [0.3, 0.4) is 0 Å². The minimum absolute atomic E-state index is 0.00981. The summed E-state index contributed by atoms with van der Waals surface area (Å²) < 4.78 is 40.1. The molecule has 2 heterocycles. The molecule has 0 saturated heterocycles. The van der Waals surface area contributed by atoms with Crippen LogP contribution < -0.4 is 0 Å². The second-order valence-electron chi connectivity index (χ2n) is 4.03. The molecule has 1 aliphatic rings. The Morgan fingerprint density at radius 3 is 2.56 bits per heavy atom. The van der Waals surface area contributed by atoms with Crippen molar-refractivity contribution in [2.75, 3.05) is 0 Å². The van der Waals surface area contributed by atoms with Crippen molar-refractivity contribution in [1.29, 1.82) is 0 Å². The molecule has 0 N–H and O–H groups in total. The van der Waals surface area contributed by atoms with Gasteiger partial charge >= 0.3 is 6.18 Å². The first-order valence-corrected chi connectivity index (χ1v) is 4.92. The summed E-state index contributed by atoms with van der Waals surface area (Å²) in [7, 11) is 0. The molecule has 0 radical (unpaired) electrons. The zero-order valence-corrected chi connectivity index (χ0v) is 8.20. The van der Waals surface area contributed by atoms with Crippen LogP contribution in [-0.4, -0.2) is 20.8 Å². The third-order valence-electron chi connectivity index (χ3n) is 3.03. The van der Waals surface area contributed by atoms with Gasteiger partial charge in [-0.05, 0) is 25.0 Å². The molecule has 0 aromatic carbocycles. The SMILES string of the molecule is FC(F)(F)C1(c2nnc3ccccn23)CC1. The Morgan fingerprint density at radius 2 is 1.94 bits per heavy atom. The lowest BCUT2D eigenvalue weighted by atomic mass is 10.1. The number of rotatable bonds is 1. The second-order valence-corrected chi connectivity index (χ2v) is 4.03. The van der Waals surface area contributed by atoms with E-state index < -0.39 is 11.6 Å². The number of fused-ring (bicyclic) bond motifs is 1. The molecule has 0 amide bonds. The van der Waals surface area contributed by atoms with Crippen molar-refractivity contribution in [3.63, 3.8) is 0 Å². The van der Waals surface area contributed by atoms with E-state index in [0.29, 0.717) is 5.65 Å². The number of halogens is 3. The molecule has 16 heavy (non-hydrogen) atoms. The molecule has 1 saturated carbocycles. The highest BCUT2D eigenvalue weighted by molar-refractivity contribution is 5.40. The topological polar surface area (TPSA) is 30.2 Å². The Hall–Kier alpha value is -1.59. The van der Waals surface area contributed by atoms with E-state index in [-0.39, 0.29) is 18.7 Å². The Balaban J connectivity index is 2.21. The second kappa shape index (κ2) is 2.75. The van der Waals surface area contributed by atoms with Gasteiger partial charge in [0.1, 0.15) is 5.41 Å². The molecular formula is C10H8F3N3. The highest BCUT2D eigenvalue weighted by atomic mass is 19.4. The Labute approximate surface area is 88.9 Å². The Bertz CT molecular complexity index is 539. The molecule has 0 spiro atoms. The van der Waals surface area contributed by atoms with Gasteiger partial charge in [0.2, 0.25) is 0 Å². The van der Waals surface area contributed by atoms with Gasteiger partial charge in [-0.1, -0.05) is 6.07 Å². The van der Waals surface area contributed by atoms with E-state index >= 15 is 0 Å². The number of hydrogen-bond donors (Lipinski definition) is 0. The van der Waals surface area contributed by atoms with Crippen LogP contribution >= 0.6 is 0 Å². The minimum Gasteiger partial charge on any atom is -0.286 e. The van der Waals surface area contributed by atoms with Crippen LogP contribution in [0.1, 0.15) is 18.7 Å². The largest absolute Gasteiger partial charge is 0.401 e. The summed E-state index contributed by atoms with van der Waals surface area (Å²) in [6, 6.07) is 5.04. The third kappa shape index (κ3) is 1.10. The van der Waals surface area contributed by atoms with Crippen LogP contribution in [0.4, 0.5) is 13.2 Å². The first kappa shape index (κ1) is 9.62. The van der Waals surface area contributed by atoms with Crippen molar-refractivity contribution in [3.05, 3.63) is 30.2 Å². The van der Waals surface area contributed by atoms with Gasteiger partial charge in [0.05, 0.1) is 0 Å². The summed E-state index contributed by atoms with van der Waals surface area (Å²) >= 11 is 0. The van der Waals surface area contributed by atoms with E-state index in [9.17, 15) is 13.2 Å². The Kier molecular flexibility index (Phi) is 1.65. The highest BCUT2D eigenvalue weighted by Gasteiger charge is 2.67. The molecule has 0 aliphatic heterocycles. The fourth-order valence-corrected chi connectivity index (χ4v) is 1.93. The van der Waals surface area contributed by atoms with E-state index in [1.807, 2.05) is 0 Å². The standard InChI is InChI=1S/C10H8F3N3/c11-10(12,13)9(4-5-9)8-15-14-7-3-1-2-6-16(7)8/h1-3,6H,4-5H2. The summed E-state index contributed by atoms with van der Waals surface area (Å²) in [6.07, 6.45) is -2.47. The first-order chi connectivity index (χ1) is 7.55. The zero-order valence-electron chi connectivity index (χ0n) is 8.20. The molecule has 1 aliphatic carbocycles. The van der Waals surface area contributed by atoms with Crippen LogP contribution in [0.25, 0.3) is 5.65 Å². The molecule has 2 aromatic rings. The molecule has 1 fully saturated rings. The zero-order chi connectivity index (χ0) is 11.4. The fraction of sp³-hybridized carbons (Fsp3) is 0.400. The van der Waals surface area contributed by atoms with Crippen LogP contribution in [-0.2, 0) is 5.41 Å². The fourth-order valence-electron chi connectivity index (χ4n) is 1.93. The van der Waals surface area contributed by atoms with Crippen LogP contribution in [0.15, 0.2) is 24.4 Å². The van der Waals surface area contributed by atoms with E-state index in [4.69, 9.17) is 0 Å². The maximum atomic E-state index is 12.9. The molecule has 0 bridgehead atoms. The first-order valence-electron chi connectivity index (χ1n) is 4.92. The van der Waals surface area contributed by atoms with Gasteiger partial charge in [0.25, 0.3) is 0 Å². The van der Waals surface area contributed by atoms with Gasteiger partial charge in [-0.2, -0.15) is 13.2 Å². The van der Waals surface area contributed by atoms with E-state index in [2.05, 4.69) is 10.2 Å². The number of alkyl halides is 3. The molecule has 3 rings (SSSR count). The van der Waals surface area contributed by atoms with E-state index in [1.54, 1.807) is 24.4 Å². The number of aromatic nitrogens is 3. The van der Waals surface area contributed by atoms with Gasteiger partial charge in [-0.25, -0.2) is 0 Å². The van der Waals surface area contributed by atoms with Crippen LogP contribution in [0, 0.1) is 0 Å². The maximum absolute atomic E-state index is 12.9. The summed E-state index contributed by atoms with van der Waals surface area (Å²) in [4.78, 5) is 0. The lowest BCUT2D eigenvalue weighted by Gasteiger charge is -2.16. The predicted molar refractivity (Wildman–Crippen MR) is 50.0 cm³/mol. The van der Waals surface area contributed by atoms with Gasteiger partial charge in [-0.15, -0.1) is 10.2 Å². The molecule has 0 unspecified atom stereocenters. The van der Waals surface area contributed by atoms with E-state index in [0.717, 1.165) is 0 Å². The lowest BCUT2D eigenvalue weighted by molar-refractivity contribution is -0.162. The van der Waals surface area contributed by atoms with Gasteiger partial charge in [-0.3, -0.25) is 4.40 Å². The quantitative estimate of drug-likeness (QED) is 0.748. The summed E-state index contributed by atoms with van der Waals surface area (Å²) in [5.41, 5.74) is -1.32. The normalized spacial score (nSPS) is 18.9. The lowest BCUT2D eigenvalue weighted by Crippen LogP contribution is -2.30. The molecule has 3 nitrogen and oxygen atoms in total. The summed E-state index contributed by atoms with van der Waals surface area (Å²) in [5.74, 6) is 0.00981. The number of nitrogens with zero attached hydrogens (tertiary/aromatic N) is 3. The molecular weight excluding hydrogens is 219 g/mol. The van der Waals surface area contributed by atoms with Crippen molar-refractivity contribution in [3.8, 4) is 0 Å². The number of hydrogen-bond acceptors (Lipinski definition) is 2. The van der Waals surface area contributed by atoms with E-state index in [1.165, 1.54) is 4.40 Å². The molecule has 84 valence electrons. The number of pyridine rings is 1. The predicted octanol–water partition coefficient (Wildman–Crippen LogP) is 2.32. The molecule has 2 aromatic heterocycles. The monoisotopic (exact) mass is 227 g/mol. The van der Waals surface area contributed by atoms with Crippen molar-refractivity contribution in [1.82, 2.24) is 14.6 Å².